The van der Waals surface area contributed by atoms with Gasteiger partial charge < -0.3 is 9.47 Å². The second-order valence-corrected chi connectivity index (χ2v) is 6.67. The Morgan fingerprint density at radius 1 is 1.25 bits per heavy atom. The predicted molar refractivity (Wildman–Crippen MR) is 96.4 cm³/mol. The lowest BCUT2D eigenvalue weighted by Crippen LogP contribution is -2.11. The van der Waals surface area contributed by atoms with Crippen LogP contribution in [0.3, 0.4) is 0 Å². The van der Waals surface area contributed by atoms with Crippen molar-refractivity contribution in [2.24, 2.45) is 0 Å². The first-order chi connectivity index (χ1) is 11.6. The summed E-state index contributed by atoms with van der Waals surface area (Å²) in [6, 6.07) is 10.9. The average molecular weight is 383 g/mol. The van der Waals surface area contributed by atoms with E-state index in [4.69, 9.17) is 27.9 Å². The summed E-state index contributed by atoms with van der Waals surface area (Å²) in [5.74, 6) is 0.413. The molecular weight excluding hydrogens is 371 g/mol. The Morgan fingerprint density at radius 2 is 2.04 bits per heavy atom. The standard InChI is InChI=1S/C16H12Cl2N2O3S/c1-22-16(21)20-12-6-10(18)13(7-9(12)17)23-8-15-19-11-4-2-3-5-14(11)24-15/h2-7H,8H2,1H3,(H,20,21). The molecule has 0 bridgehead atoms. The molecule has 0 unspecified atom stereocenters. The number of benzene rings is 2. The quantitative estimate of drug-likeness (QED) is 0.659. The molecular formula is C16H12Cl2N2O3S. The van der Waals surface area contributed by atoms with Gasteiger partial charge in [0, 0.05) is 6.07 Å². The maximum Gasteiger partial charge on any atom is 0.411 e. The van der Waals surface area contributed by atoms with Gasteiger partial charge >= 0.3 is 6.09 Å². The van der Waals surface area contributed by atoms with Crippen molar-refractivity contribution in [3.63, 3.8) is 0 Å². The van der Waals surface area contributed by atoms with Gasteiger partial charge in [0.05, 0.1) is 33.1 Å². The van der Waals surface area contributed by atoms with Gasteiger partial charge in [-0.15, -0.1) is 11.3 Å². The highest BCUT2D eigenvalue weighted by molar-refractivity contribution is 7.18. The number of hydrogen-bond donors (Lipinski definition) is 1. The van der Waals surface area contributed by atoms with Gasteiger partial charge in [-0.2, -0.15) is 0 Å². The van der Waals surface area contributed by atoms with Crippen molar-refractivity contribution in [3.05, 3.63) is 51.5 Å². The van der Waals surface area contributed by atoms with E-state index in [1.165, 1.54) is 13.2 Å². The molecule has 3 aromatic rings. The molecule has 1 heterocycles. The Hall–Kier alpha value is -2.02. The number of thiazole rings is 1. The molecule has 0 spiro atoms. The summed E-state index contributed by atoms with van der Waals surface area (Å²) in [5.41, 5.74) is 1.28. The van der Waals surface area contributed by atoms with Crippen LogP contribution in [0.2, 0.25) is 10.0 Å². The van der Waals surface area contributed by atoms with Gasteiger partial charge in [-0.05, 0) is 18.2 Å². The van der Waals surface area contributed by atoms with E-state index in [1.54, 1.807) is 17.4 Å². The lowest BCUT2D eigenvalue weighted by Gasteiger charge is -2.11. The van der Waals surface area contributed by atoms with Crippen molar-refractivity contribution in [1.82, 2.24) is 4.98 Å². The number of hydrogen-bond acceptors (Lipinski definition) is 5. The van der Waals surface area contributed by atoms with E-state index >= 15 is 0 Å². The van der Waals surface area contributed by atoms with Crippen molar-refractivity contribution < 1.29 is 14.3 Å². The van der Waals surface area contributed by atoms with Crippen molar-refractivity contribution >= 4 is 56.5 Å². The number of amides is 1. The fourth-order valence-electron chi connectivity index (χ4n) is 2.02. The smallest absolute Gasteiger partial charge is 0.411 e. The van der Waals surface area contributed by atoms with Gasteiger partial charge in [0.15, 0.2) is 0 Å². The molecule has 24 heavy (non-hydrogen) atoms. The molecule has 1 N–H and O–H groups in total. The summed E-state index contributed by atoms with van der Waals surface area (Å²) in [6.45, 7) is 0.277. The van der Waals surface area contributed by atoms with E-state index in [0.29, 0.717) is 21.5 Å². The molecule has 5 nitrogen and oxygen atoms in total. The van der Waals surface area contributed by atoms with Crippen LogP contribution in [0.15, 0.2) is 36.4 Å². The molecule has 0 fully saturated rings. The Bertz CT molecular complexity index is 865. The van der Waals surface area contributed by atoms with Gasteiger partial charge in [0.2, 0.25) is 0 Å². The van der Waals surface area contributed by atoms with Crippen LogP contribution in [0.25, 0.3) is 10.2 Å². The molecule has 8 heteroatoms. The molecule has 3 rings (SSSR count). The summed E-state index contributed by atoms with van der Waals surface area (Å²) < 4.78 is 11.3. The molecule has 0 aliphatic rings. The molecule has 0 aliphatic heterocycles. The van der Waals surface area contributed by atoms with Gasteiger partial charge in [0.1, 0.15) is 17.4 Å². The van der Waals surface area contributed by atoms with Crippen molar-refractivity contribution in [1.29, 1.82) is 0 Å². The SMILES string of the molecule is COC(=O)Nc1cc(Cl)c(OCc2nc3ccccc3s2)cc1Cl. The number of anilines is 1. The Morgan fingerprint density at radius 3 is 2.79 bits per heavy atom. The van der Waals surface area contributed by atoms with Gasteiger partial charge in [-0.25, -0.2) is 9.78 Å². The third-order valence-electron chi connectivity index (χ3n) is 3.13. The number of rotatable bonds is 4. The number of carbonyl (C=O) groups is 1. The lowest BCUT2D eigenvalue weighted by atomic mass is 10.3. The first-order valence-corrected chi connectivity index (χ1v) is 8.45. The summed E-state index contributed by atoms with van der Waals surface area (Å²) in [6.07, 6.45) is -0.629. The van der Waals surface area contributed by atoms with E-state index < -0.39 is 6.09 Å². The van der Waals surface area contributed by atoms with Crippen LogP contribution in [0.5, 0.6) is 5.75 Å². The second-order valence-electron chi connectivity index (χ2n) is 4.74. The minimum absolute atomic E-state index is 0.277. The zero-order valence-electron chi connectivity index (χ0n) is 12.5. The number of fused-ring (bicyclic) bond motifs is 1. The molecule has 2 aromatic carbocycles. The zero-order valence-corrected chi connectivity index (χ0v) is 14.8. The summed E-state index contributed by atoms with van der Waals surface area (Å²) >= 11 is 13.9. The largest absolute Gasteiger partial charge is 0.485 e. The summed E-state index contributed by atoms with van der Waals surface area (Å²) in [4.78, 5) is 15.7. The normalized spacial score (nSPS) is 10.6. The lowest BCUT2D eigenvalue weighted by molar-refractivity contribution is 0.187. The third kappa shape index (κ3) is 3.72. The number of aromatic nitrogens is 1. The van der Waals surface area contributed by atoms with Crippen LogP contribution < -0.4 is 10.1 Å². The van der Waals surface area contributed by atoms with Crippen LogP contribution in [0.1, 0.15) is 5.01 Å². The van der Waals surface area contributed by atoms with E-state index in [9.17, 15) is 4.79 Å². The van der Waals surface area contributed by atoms with Gasteiger partial charge in [-0.3, -0.25) is 5.32 Å². The molecule has 1 aromatic heterocycles. The van der Waals surface area contributed by atoms with Gasteiger partial charge in [0.25, 0.3) is 0 Å². The molecule has 0 saturated carbocycles. The average Bonchev–Trinajstić information content (AvgIpc) is 2.99. The Balaban J connectivity index is 1.75. The Labute approximate surface area is 152 Å². The number of carbonyl (C=O) groups excluding carboxylic acids is 1. The van der Waals surface area contributed by atoms with Crippen LogP contribution in [-0.2, 0) is 11.3 Å². The molecule has 1 amide bonds. The minimum atomic E-state index is -0.629. The second kappa shape index (κ2) is 7.25. The first kappa shape index (κ1) is 16.8. The first-order valence-electron chi connectivity index (χ1n) is 6.88. The molecule has 124 valence electrons. The minimum Gasteiger partial charge on any atom is -0.485 e. The van der Waals surface area contributed by atoms with Gasteiger partial charge in [-0.1, -0.05) is 35.3 Å². The maximum absolute atomic E-state index is 11.3. The van der Waals surface area contributed by atoms with Crippen molar-refractivity contribution in [2.45, 2.75) is 6.61 Å². The molecule has 0 aliphatic carbocycles. The van der Waals surface area contributed by atoms with Crippen molar-refractivity contribution in [2.75, 3.05) is 12.4 Å². The number of methoxy groups -OCH3 is 1. The zero-order chi connectivity index (χ0) is 17.1. The molecule has 0 saturated heterocycles. The highest BCUT2D eigenvalue weighted by Gasteiger charge is 2.12. The highest BCUT2D eigenvalue weighted by Crippen LogP contribution is 2.35. The number of nitrogens with one attached hydrogen (secondary N) is 1. The number of para-hydroxylation sites is 1. The molecule has 0 atom stereocenters. The van der Waals surface area contributed by atoms with E-state index in [2.05, 4.69) is 15.0 Å². The van der Waals surface area contributed by atoms with E-state index in [0.717, 1.165) is 15.2 Å². The fourth-order valence-corrected chi connectivity index (χ4v) is 3.32. The van der Waals surface area contributed by atoms with E-state index in [1.807, 2.05) is 24.3 Å². The topological polar surface area (TPSA) is 60.5 Å². The monoisotopic (exact) mass is 382 g/mol. The number of ether oxygens (including phenoxy) is 2. The maximum atomic E-state index is 11.3. The van der Waals surface area contributed by atoms with E-state index in [-0.39, 0.29) is 6.61 Å². The van der Waals surface area contributed by atoms with Crippen molar-refractivity contribution in [3.8, 4) is 5.75 Å². The third-order valence-corrected chi connectivity index (χ3v) is 4.75. The van der Waals surface area contributed by atoms with Crippen LogP contribution in [-0.4, -0.2) is 18.2 Å². The van der Waals surface area contributed by atoms with Crippen LogP contribution >= 0.6 is 34.5 Å². The molecule has 0 radical (unpaired) electrons. The number of nitrogens with zero attached hydrogens (tertiary/aromatic N) is 1. The Kier molecular flexibility index (Phi) is 5.08. The number of halogens is 2. The van der Waals surface area contributed by atoms with Crippen LogP contribution in [0, 0.1) is 0 Å². The highest BCUT2D eigenvalue weighted by atomic mass is 35.5. The fraction of sp³-hybridized carbons (Fsp3) is 0.125. The van der Waals surface area contributed by atoms with Crippen LogP contribution in [0.4, 0.5) is 10.5 Å². The predicted octanol–water partition coefficient (Wildman–Crippen LogP) is 5.36. The summed E-state index contributed by atoms with van der Waals surface area (Å²) in [5, 5.41) is 3.93. The summed E-state index contributed by atoms with van der Waals surface area (Å²) in [7, 11) is 1.26.